The van der Waals surface area contributed by atoms with Crippen LogP contribution in [0, 0.1) is 6.92 Å². The lowest BCUT2D eigenvalue weighted by Crippen LogP contribution is -2.05. The van der Waals surface area contributed by atoms with Crippen LogP contribution in [0.15, 0.2) is 29.3 Å². The van der Waals surface area contributed by atoms with E-state index in [1.807, 2.05) is 6.92 Å². The van der Waals surface area contributed by atoms with Crippen LogP contribution in [-0.4, -0.2) is 16.2 Å². The second-order valence-electron chi connectivity index (χ2n) is 5.50. The summed E-state index contributed by atoms with van der Waals surface area (Å²) in [6.45, 7) is 5.86. The van der Waals surface area contributed by atoms with E-state index in [0.29, 0.717) is 17.2 Å². The molecule has 0 N–H and O–H groups in total. The molecule has 0 spiro atoms. The molecule has 0 aliphatic rings. The summed E-state index contributed by atoms with van der Waals surface area (Å²) in [5, 5.41) is 0. The Morgan fingerprint density at radius 2 is 1.92 bits per heavy atom. The van der Waals surface area contributed by atoms with Gasteiger partial charge in [0.2, 0.25) is 0 Å². The molecule has 1 aromatic heterocycles. The Kier molecular flexibility index (Phi) is 5.70. The largest absolute Gasteiger partial charge is 0.416 e. The predicted molar refractivity (Wildman–Crippen MR) is 88.8 cm³/mol. The fourth-order valence-corrected chi connectivity index (χ4v) is 2.48. The van der Waals surface area contributed by atoms with E-state index in [4.69, 9.17) is 0 Å². The summed E-state index contributed by atoms with van der Waals surface area (Å²) < 4.78 is 38.3. The van der Waals surface area contributed by atoms with E-state index >= 15 is 0 Å². The van der Waals surface area contributed by atoms with Crippen LogP contribution in [0.2, 0.25) is 0 Å². The number of aliphatic imine (C=N–C) groups is 1. The molecule has 0 saturated carbocycles. The Labute approximate surface area is 139 Å². The van der Waals surface area contributed by atoms with Crippen molar-refractivity contribution in [2.24, 2.45) is 4.99 Å². The molecule has 0 atom stereocenters. The third-order valence-corrected chi connectivity index (χ3v) is 3.57. The highest BCUT2D eigenvalue weighted by molar-refractivity contribution is 5.82. The Morgan fingerprint density at radius 3 is 2.54 bits per heavy atom. The van der Waals surface area contributed by atoms with Crippen molar-refractivity contribution in [3.63, 3.8) is 0 Å². The van der Waals surface area contributed by atoms with E-state index in [2.05, 4.69) is 21.9 Å². The highest BCUT2D eigenvalue weighted by Gasteiger charge is 2.30. The summed E-state index contributed by atoms with van der Waals surface area (Å²) in [7, 11) is 0. The molecular formula is C18H20F3N3. The third kappa shape index (κ3) is 4.40. The van der Waals surface area contributed by atoms with Gasteiger partial charge >= 0.3 is 6.18 Å². The van der Waals surface area contributed by atoms with Crippen LogP contribution in [0.5, 0.6) is 0 Å². The molecule has 0 unspecified atom stereocenters. The van der Waals surface area contributed by atoms with Gasteiger partial charge in [-0.2, -0.15) is 13.2 Å². The summed E-state index contributed by atoms with van der Waals surface area (Å²) in [6, 6.07) is 5.09. The van der Waals surface area contributed by atoms with E-state index in [1.54, 1.807) is 13.0 Å². The monoisotopic (exact) mass is 335 g/mol. The van der Waals surface area contributed by atoms with Crippen LogP contribution in [0.3, 0.4) is 0 Å². The zero-order valence-electron chi connectivity index (χ0n) is 14.0. The summed E-state index contributed by atoms with van der Waals surface area (Å²) in [6.07, 6.45) is -0.423. The quantitative estimate of drug-likeness (QED) is 0.716. The Morgan fingerprint density at radius 1 is 1.17 bits per heavy atom. The number of aromatic nitrogens is 2. The summed E-state index contributed by atoms with van der Waals surface area (Å²) in [5.74, 6) is 1.15. The molecule has 2 rings (SSSR count). The van der Waals surface area contributed by atoms with E-state index in [0.717, 1.165) is 42.7 Å². The summed E-state index contributed by atoms with van der Waals surface area (Å²) in [4.78, 5) is 13.1. The minimum atomic E-state index is -4.36. The van der Waals surface area contributed by atoms with E-state index < -0.39 is 11.7 Å². The minimum Gasteiger partial charge on any atom is -0.238 e. The zero-order chi connectivity index (χ0) is 17.7. The Hall–Kier alpha value is -2.24. The van der Waals surface area contributed by atoms with Gasteiger partial charge in [-0.05, 0) is 37.5 Å². The molecule has 1 heterocycles. The maximum atomic E-state index is 12.8. The molecule has 3 nitrogen and oxygen atoms in total. The van der Waals surface area contributed by atoms with Crippen LogP contribution in [0.1, 0.15) is 48.5 Å². The molecule has 0 saturated heterocycles. The first kappa shape index (κ1) is 18.1. The van der Waals surface area contributed by atoms with Crippen molar-refractivity contribution in [3.8, 4) is 0 Å². The zero-order valence-corrected chi connectivity index (χ0v) is 14.0. The second-order valence-corrected chi connectivity index (χ2v) is 5.50. The van der Waals surface area contributed by atoms with E-state index in [1.165, 1.54) is 12.3 Å². The predicted octanol–water partition coefficient (Wildman–Crippen LogP) is 5.07. The lowest BCUT2D eigenvalue weighted by atomic mass is 10.1. The van der Waals surface area contributed by atoms with Crippen LogP contribution in [-0.2, 0) is 19.0 Å². The van der Waals surface area contributed by atoms with E-state index in [9.17, 15) is 13.2 Å². The second kappa shape index (κ2) is 7.55. The molecule has 6 heteroatoms. The van der Waals surface area contributed by atoms with Gasteiger partial charge in [0.15, 0.2) is 5.82 Å². The highest BCUT2D eigenvalue weighted by Crippen LogP contribution is 2.29. The molecule has 0 aliphatic heterocycles. The number of alkyl halides is 3. The summed E-state index contributed by atoms with van der Waals surface area (Å²) in [5.41, 5.74) is 1.61. The molecule has 128 valence electrons. The Balaban J connectivity index is 2.39. The van der Waals surface area contributed by atoms with Crippen molar-refractivity contribution in [3.05, 3.63) is 52.5 Å². The van der Waals surface area contributed by atoms with Crippen molar-refractivity contribution in [1.29, 1.82) is 0 Å². The van der Waals surface area contributed by atoms with Crippen molar-refractivity contribution in [1.82, 2.24) is 9.97 Å². The molecule has 24 heavy (non-hydrogen) atoms. The van der Waals surface area contributed by atoms with Crippen LogP contribution < -0.4 is 0 Å². The summed E-state index contributed by atoms with van der Waals surface area (Å²) >= 11 is 0. The smallest absolute Gasteiger partial charge is 0.238 e. The first-order chi connectivity index (χ1) is 11.3. The number of hydrogen-bond acceptors (Lipinski definition) is 3. The molecule has 0 radical (unpaired) electrons. The van der Waals surface area contributed by atoms with Gasteiger partial charge in [-0.3, -0.25) is 0 Å². The molecule has 2 aromatic rings. The van der Waals surface area contributed by atoms with Crippen molar-refractivity contribution in [2.45, 2.75) is 46.2 Å². The van der Waals surface area contributed by atoms with Gasteiger partial charge in [0.1, 0.15) is 5.82 Å². The van der Waals surface area contributed by atoms with Gasteiger partial charge in [-0.25, -0.2) is 15.0 Å². The average molecular weight is 335 g/mol. The number of rotatable bonds is 5. The SMILES string of the molecule is CCCc1nc(C)nc(N=Cc2cccc(C(F)(F)F)c2)c1CC. The maximum Gasteiger partial charge on any atom is 0.416 e. The van der Waals surface area contributed by atoms with Gasteiger partial charge in [-0.15, -0.1) is 0 Å². The van der Waals surface area contributed by atoms with Gasteiger partial charge < -0.3 is 0 Å². The number of hydrogen-bond donors (Lipinski definition) is 0. The third-order valence-electron chi connectivity index (χ3n) is 3.57. The Bertz CT molecular complexity index is 737. The first-order valence-corrected chi connectivity index (χ1v) is 7.92. The van der Waals surface area contributed by atoms with Gasteiger partial charge in [0, 0.05) is 17.5 Å². The number of nitrogens with zero attached hydrogens (tertiary/aromatic N) is 3. The topological polar surface area (TPSA) is 38.1 Å². The maximum absolute atomic E-state index is 12.8. The van der Waals surface area contributed by atoms with Gasteiger partial charge in [-0.1, -0.05) is 32.4 Å². The average Bonchev–Trinajstić information content (AvgIpc) is 2.52. The number of halogens is 3. The first-order valence-electron chi connectivity index (χ1n) is 7.92. The number of benzene rings is 1. The number of aryl methyl sites for hydroxylation is 2. The normalized spacial score (nSPS) is 12.1. The molecule has 1 aromatic carbocycles. The van der Waals surface area contributed by atoms with E-state index in [-0.39, 0.29) is 0 Å². The van der Waals surface area contributed by atoms with Crippen LogP contribution in [0.4, 0.5) is 19.0 Å². The minimum absolute atomic E-state index is 0.389. The molecule has 0 aliphatic carbocycles. The van der Waals surface area contributed by atoms with Crippen molar-refractivity contribution < 1.29 is 13.2 Å². The van der Waals surface area contributed by atoms with Crippen LogP contribution >= 0.6 is 0 Å². The molecule has 0 fully saturated rings. The van der Waals surface area contributed by atoms with Gasteiger partial charge in [0.25, 0.3) is 0 Å². The molecular weight excluding hydrogens is 315 g/mol. The van der Waals surface area contributed by atoms with Crippen molar-refractivity contribution >= 4 is 12.0 Å². The fourth-order valence-electron chi connectivity index (χ4n) is 2.48. The van der Waals surface area contributed by atoms with Gasteiger partial charge in [0.05, 0.1) is 5.56 Å². The van der Waals surface area contributed by atoms with Crippen LogP contribution in [0.25, 0.3) is 0 Å². The molecule has 0 bridgehead atoms. The van der Waals surface area contributed by atoms with Crippen molar-refractivity contribution in [2.75, 3.05) is 0 Å². The lowest BCUT2D eigenvalue weighted by molar-refractivity contribution is -0.137. The lowest BCUT2D eigenvalue weighted by Gasteiger charge is -2.10. The standard InChI is InChI=1S/C18H20F3N3/c1-4-7-16-15(5-2)17(24-12(3)23-16)22-11-13-8-6-9-14(10-13)18(19,20)21/h6,8-11H,4-5,7H2,1-3H3. The molecule has 0 amide bonds. The highest BCUT2D eigenvalue weighted by atomic mass is 19.4. The fraction of sp³-hybridized carbons (Fsp3) is 0.389.